The molecule has 0 saturated carbocycles. The van der Waals surface area contributed by atoms with Crippen LogP contribution in [0.4, 0.5) is 0 Å². The van der Waals surface area contributed by atoms with Crippen LogP contribution < -0.4 is 0 Å². The molecule has 1 amide bonds. The number of rotatable bonds is 4. The molecule has 0 spiro atoms. The molecule has 4 heterocycles. The number of piperidine rings is 1. The number of fused-ring (bicyclic) bond motifs is 1. The van der Waals surface area contributed by atoms with Crippen LogP contribution in [0, 0.1) is 5.92 Å². The zero-order valence-corrected chi connectivity index (χ0v) is 14.4. The van der Waals surface area contributed by atoms with Gasteiger partial charge in [-0.15, -0.1) is 0 Å². The molecule has 2 saturated heterocycles. The van der Waals surface area contributed by atoms with E-state index in [1.54, 1.807) is 25.6 Å². The minimum atomic E-state index is 0.0570. The molecule has 0 aromatic carbocycles. The maximum Gasteiger partial charge on any atom is 0.257 e. The van der Waals surface area contributed by atoms with Gasteiger partial charge in [-0.3, -0.25) is 14.7 Å². The third-order valence-corrected chi connectivity index (χ3v) is 5.40. The molecule has 3 atom stereocenters. The Kier molecular flexibility index (Phi) is 4.55. The van der Waals surface area contributed by atoms with Gasteiger partial charge < -0.3 is 14.1 Å². The van der Waals surface area contributed by atoms with E-state index < -0.39 is 0 Å². The number of ether oxygens (including phenoxy) is 1. The van der Waals surface area contributed by atoms with Gasteiger partial charge in [0.05, 0.1) is 24.0 Å². The Balaban J connectivity index is 1.52. The van der Waals surface area contributed by atoms with Crippen molar-refractivity contribution in [3.63, 3.8) is 0 Å². The van der Waals surface area contributed by atoms with Crippen molar-refractivity contribution in [2.24, 2.45) is 5.92 Å². The van der Waals surface area contributed by atoms with E-state index in [0.717, 1.165) is 32.6 Å². The van der Waals surface area contributed by atoms with Crippen LogP contribution in [0.5, 0.6) is 0 Å². The van der Waals surface area contributed by atoms with Crippen LogP contribution in [0.25, 0.3) is 0 Å². The Bertz CT molecular complexity index is 704. The van der Waals surface area contributed by atoms with Gasteiger partial charge in [0.2, 0.25) is 0 Å². The van der Waals surface area contributed by atoms with E-state index in [1.165, 1.54) is 11.8 Å². The molecule has 6 heteroatoms. The number of amides is 1. The van der Waals surface area contributed by atoms with Crippen LogP contribution >= 0.6 is 0 Å². The molecule has 0 aliphatic carbocycles. The lowest BCUT2D eigenvalue weighted by Gasteiger charge is -2.41. The molecule has 0 bridgehead atoms. The minimum absolute atomic E-state index is 0.0570. The second kappa shape index (κ2) is 6.98. The van der Waals surface area contributed by atoms with Gasteiger partial charge in [-0.25, -0.2) is 0 Å². The van der Waals surface area contributed by atoms with Gasteiger partial charge in [-0.2, -0.15) is 0 Å². The second-order valence-corrected chi connectivity index (χ2v) is 6.86. The lowest BCUT2D eigenvalue weighted by atomic mass is 9.88. The van der Waals surface area contributed by atoms with Crippen LogP contribution in [-0.4, -0.2) is 59.6 Å². The van der Waals surface area contributed by atoms with E-state index in [0.29, 0.717) is 11.5 Å². The van der Waals surface area contributed by atoms with E-state index in [9.17, 15) is 4.79 Å². The Hall–Kier alpha value is -2.18. The molecular formula is C19H23N3O3. The fourth-order valence-electron chi connectivity index (χ4n) is 4.21. The summed E-state index contributed by atoms with van der Waals surface area (Å²) in [6.45, 7) is 3.38. The molecule has 2 aromatic rings. The first kappa shape index (κ1) is 16.3. The van der Waals surface area contributed by atoms with E-state index in [2.05, 4.69) is 16.0 Å². The highest BCUT2D eigenvalue weighted by atomic mass is 16.5. The summed E-state index contributed by atoms with van der Waals surface area (Å²) in [5, 5.41) is 0. The number of pyridine rings is 1. The quantitative estimate of drug-likeness (QED) is 0.852. The summed E-state index contributed by atoms with van der Waals surface area (Å²) in [5.74, 6) is 0.396. The zero-order chi connectivity index (χ0) is 17.2. The van der Waals surface area contributed by atoms with E-state index in [-0.39, 0.29) is 18.1 Å². The predicted octanol–water partition coefficient (Wildman–Crippen LogP) is 2.04. The molecule has 2 fully saturated rings. The first-order valence-electron chi connectivity index (χ1n) is 8.73. The number of carbonyl (C=O) groups is 1. The SMILES string of the molecule is CO[C@@H]1CCN(C(=O)c2ccoc2)[C@H]2CN(Cc3cccnc3)C[C@@H]12. The van der Waals surface area contributed by atoms with Gasteiger partial charge in [0, 0.05) is 51.6 Å². The number of furan rings is 1. The molecule has 2 aliphatic rings. The predicted molar refractivity (Wildman–Crippen MR) is 92.0 cm³/mol. The molecule has 132 valence electrons. The first-order chi connectivity index (χ1) is 12.3. The van der Waals surface area contributed by atoms with Crippen LogP contribution in [0.3, 0.4) is 0 Å². The third-order valence-electron chi connectivity index (χ3n) is 5.40. The summed E-state index contributed by atoms with van der Waals surface area (Å²) in [6.07, 6.45) is 7.86. The zero-order valence-electron chi connectivity index (χ0n) is 14.4. The van der Waals surface area contributed by atoms with Crippen molar-refractivity contribution in [2.45, 2.75) is 25.1 Å². The van der Waals surface area contributed by atoms with Crippen molar-refractivity contribution in [3.05, 3.63) is 54.2 Å². The fourth-order valence-corrected chi connectivity index (χ4v) is 4.21. The molecule has 0 radical (unpaired) electrons. The summed E-state index contributed by atoms with van der Waals surface area (Å²) in [7, 11) is 1.78. The molecule has 0 N–H and O–H groups in total. The Labute approximate surface area is 147 Å². The van der Waals surface area contributed by atoms with Gasteiger partial charge >= 0.3 is 0 Å². The van der Waals surface area contributed by atoms with Crippen molar-refractivity contribution >= 4 is 5.91 Å². The molecule has 6 nitrogen and oxygen atoms in total. The summed E-state index contributed by atoms with van der Waals surface area (Å²) in [5.41, 5.74) is 1.82. The highest BCUT2D eigenvalue weighted by Gasteiger charge is 2.46. The Morgan fingerprint density at radius 2 is 2.32 bits per heavy atom. The largest absolute Gasteiger partial charge is 0.472 e. The number of likely N-dealkylation sites (tertiary alicyclic amines) is 2. The fraction of sp³-hybridized carbons (Fsp3) is 0.474. The number of nitrogens with zero attached hydrogens (tertiary/aromatic N) is 3. The molecule has 2 aromatic heterocycles. The molecule has 4 rings (SSSR count). The van der Waals surface area contributed by atoms with E-state index in [1.807, 2.05) is 17.2 Å². The molecular weight excluding hydrogens is 318 g/mol. The van der Waals surface area contributed by atoms with Crippen molar-refractivity contribution in [1.82, 2.24) is 14.8 Å². The Morgan fingerprint density at radius 1 is 1.40 bits per heavy atom. The molecule has 2 aliphatic heterocycles. The minimum Gasteiger partial charge on any atom is -0.472 e. The average Bonchev–Trinajstić information content (AvgIpc) is 3.31. The van der Waals surface area contributed by atoms with Gasteiger partial charge in [0.1, 0.15) is 6.26 Å². The highest BCUT2D eigenvalue weighted by molar-refractivity contribution is 5.94. The van der Waals surface area contributed by atoms with E-state index >= 15 is 0 Å². The van der Waals surface area contributed by atoms with Crippen LogP contribution in [-0.2, 0) is 11.3 Å². The lowest BCUT2D eigenvalue weighted by molar-refractivity contribution is -0.0157. The number of carbonyl (C=O) groups excluding carboxylic acids is 1. The summed E-state index contributed by atoms with van der Waals surface area (Å²) in [6, 6.07) is 5.97. The van der Waals surface area contributed by atoms with Crippen LogP contribution in [0.15, 0.2) is 47.5 Å². The maximum absolute atomic E-state index is 12.9. The number of hydrogen-bond donors (Lipinski definition) is 0. The van der Waals surface area contributed by atoms with Gasteiger partial charge in [0.25, 0.3) is 5.91 Å². The maximum atomic E-state index is 12.9. The van der Waals surface area contributed by atoms with Crippen molar-refractivity contribution < 1.29 is 13.9 Å². The van der Waals surface area contributed by atoms with Crippen molar-refractivity contribution in [3.8, 4) is 0 Å². The third kappa shape index (κ3) is 3.19. The lowest BCUT2D eigenvalue weighted by Crippen LogP contribution is -2.53. The summed E-state index contributed by atoms with van der Waals surface area (Å²) < 4.78 is 10.8. The smallest absolute Gasteiger partial charge is 0.257 e. The van der Waals surface area contributed by atoms with Gasteiger partial charge in [0.15, 0.2) is 0 Å². The van der Waals surface area contributed by atoms with Crippen LogP contribution in [0.2, 0.25) is 0 Å². The monoisotopic (exact) mass is 341 g/mol. The van der Waals surface area contributed by atoms with Crippen molar-refractivity contribution in [1.29, 1.82) is 0 Å². The molecule has 0 unspecified atom stereocenters. The van der Waals surface area contributed by atoms with Crippen LogP contribution in [0.1, 0.15) is 22.3 Å². The molecule has 25 heavy (non-hydrogen) atoms. The standard InChI is InChI=1S/C19H23N3O3/c1-24-18-4-7-22(19(23)15-5-8-25-13-15)17-12-21(11-16(17)18)10-14-3-2-6-20-9-14/h2-3,5-6,8-9,13,16-18H,4,7,10-12H2,1H3/t16-,17+,18-/m1/s1. The summed E-state index contributed by atoms with van der Waals surface area (Å²) >= 11 is 0. The number of aromatic nitrogens is 1. The highest BCUT2D eigenvalue weighted by Crippen LogP contribution is 2.34. The number of hydrogen-bond acceptors (Lipinski definition) is 5. The van der Waals surface area contributed by atoms with Gasteiger partial charge in [-0.1, -0.05) is 6.07 Å². The van der Waals surface area contributed by atoms with Crippen molar-refractivity contribution in [2.75, 3.05) is 26.7 Å². The number of methoxy groups -OCH3 is 1. The first-order valence-corrected chi connectivity index (χ1v) is 8.73. The Morgan fingerprint density at radius 3 is 3.04 bits per heavy atom. The average molecular weight is 341 g/mol. The summed E-state index contributed by atoms with van der Waals surface area (Å²) in [4.78, 5) is 21.5. The second-order valence-electron chi connectivity index (χ2n) is 6.86. The van der Waals surface area contributed by atoms with E-state index in [4.69, 9.17) is 9.15 Å². The topological polar surface area (TPSA) is 58.8 Å². The normalized spacial score (nSPS) is 26.6. The van der Waals surface area contributed by atoms with Gasteiger partial charge in [-0.05, 0) is 24.1 Å².